The van der Waals surface area contributed by atoms with Crippen molar-refractivity contribution in [1.29, 1.82) is 0 Å². The fourth-order valence-electron chi connectivity index (χ4n) is 1.30. The molecule has 0 saturated carbocycles. The number of aryl methyl sites for hydroxylation is 1. The normalized spacial score (nSPS) is 13.2. The fourth-order valence-corrected chi connectivity index (χ4v) is 1.30. The van der Waals surface area contributed by atoms with Crippen LogP contribution in [0.15, 0.2) is 10.6 Å². The maximum Gasteiger partial charge on any atom is 0.208 e. The maximum absolute atomic E-state index is 9.59. The minimum Gasteiger partial charge on any atom is -0.444 e. The van der Waals surface area contributed by atoms with Crippen molar-refractivity contribution in [3.63, 3.8) is 0 Å². The van der Waals surface area contributed by atoms with Crippen molar-refractivity contribution in [3.8, 4) is 0 Å². The van der Waals surface area contributed by atoms with E-state index in [-0.39, 0.29) is 6.10 Å². The minimum atomic E-state index is -0.502. The molecule has 1 aromatic heterocycles. The number of rotatable bonds is 8. The van der Waals surface area contributed by atoms with Crippen LogP contribution in [0.3, 0.4) is 0 Å². The zero-order valence-electron chi connectivity index (χ0n) is 10.8. The average molecular weight is 242 g/mol. The van der Waals surface area contributed by atoms with Gasteiger partial charge in [-0.2, -0.15) is 0 Å². The van der Waals surface area contributed by atoms with Crippen molar-refractivity contribution < 1.29 is 14.3 Å². The molecule has 0 radical (unpaired) electrons. The van der Waals surface area contributed by atoms with Crippen LogP contribution in [0.2, 0.25) is 0 Å². The summed E-state index contributed by atoms with van der Waals surface area (Å²) < 4.78 is 10.7. The standard InChI is InChI=1S/C12H22N2O3/c1-4-11-6-14-12(17-11)7-13-5-10(15)8-16-9(2)3/h6,9-10,13,15H,4-5,7-8H2,1-3H3. The highest BCUT2D eigenvalue weighted by molar-refractivity contribution is 4.93. The summed E-state index contributed by atoms with van der Waals surface area (Å²) in [5, 5.41) is 12.7. The lowest BCUT2D eigenvalue weighted by Crippen LogP contribution is -2.31. The Balaban J connectivity index is 2.14. The summed E-state index contributed by atoms with van der Waals surface area (Å²) in [6.45, 7) is 7.24. The second kappa shape index (κ2) is 7.42. The molecule has 0 aromatic carbocycles. The molecule has 2 N–H and O–H groups in total. The Kier molecular flexibility index (Phi) is 6.18. The second-order valence-electron chi connectivity index (χ2n) is 4.24. The molecule has 0 bridgehead atoms. The van der Waals surface area contributed by atoms with Gasteiger partial charge in [0.1, 0.15) is 5.76 Å². The predicted octanol–water partition coefficient (Wildman–Crippen LogP) is 1.11. The summed E-state index contributed by atoms with van der Waals surface area (Å²) in [6, 6.07) is 0. The Morgan fingerprint density at radius 2 is 2.29 bits per heavy atom. The lowest BCUT2D eigenvalue weighted by molar-refractivity contribution is 0.00613. The Labute approximate surface area is 102 Å². The lowest BCUT2D eigenvalue weighted by atomic mass is 10.3. The fraction of sp³-hybridized carbons (Fsp3) is 0.750. The summed E-state index contributed by atoms with van der Waals surface area (Å²) in [5.41, 5.74) is 0. The van der Waals surface area contributed by atoms with Crippen LogP contribution in [0, 0.1) is 0 Å². The van der Waals surface area contributed by atoms with Crippen LogP contribution in [-0.2, 0) is 17.7 Å². The number of aromatic nitrogens is 1. The van der Waals surface area contributed by atoms with Crippen molar-refractivity contribution >= 4 is 0 Å². The van der Waals surface area contributed by atoms with E-state index in [0.717, 1.165) is 12.2 Å². The zero-order valence-corrected chi connectivity index (χ0v) is 10.8. The Morgan fingerprint density at radius 1 is 1.53 bits per heavy atom. The van der Waals surface area contributed by atoms with Crippen LogP contribution in [0.4, 0.5) is 0 Å². The number of ether oxygens (including phenoxy) is 1. The van der Waals surface area contributed by atoms with Gasteiger partial charge < -0.3 is 19.6 Å². The largest absolute Gasteiger partial charge is 0.444 e. The SMILES string of the molecule is CCc1cnc(CNCC(O)COC(C)C)o1. The van der Waals surface area contributed by atoms with E-state index in [2.05, 4.69) is 10.3 Å². The Bertz CT molecular complexity index is 312. The number of aliphatic hydroxyl groups excluding tert-OH is 1. The topological polar surface area (TPSA) is 67.5 Å². The number of hydrogen-bond donors (Lipinski definition) is 2. The van der Waals surface area contributed by atoms with E-state index in [1.165, 1.54) is 0 Å². The third kappa shape index (κ3) is 5.81. The van der Waals surface area contributed by atoms with Crippen molar-refractivity contribution in [2.45, 2.75) is 45.9 Å². The number of aliphatic hydroxyl groups is 1. The van der Waals surface area contributed by atoms with Gasteiger partial charge in [0.15, 0.2) is 0 Å². The lowest BCUT2D eigenvalue weighted by Gasteiger charge is -2.13. The van der Waals surface area contributed by atoms with Crippen LogP contribution in [-0.4, -0.2) is 35.5 Å². The molecule has 1 rings (SSSR count). The molecule has 0 spiro atoms. The minimum absolute atomic E-state index is 0.142. The third-order valence-corrected chi connectivity index (χ3v) is 2.23. The van der Waals surface area contributed by atoms with Gasteiger partial charge in [-0.05, 0) is 13.8 Å². The third-order valence-electron chi connectivity index (χ3n) is 2.23. The van der Waals surface area contributed by atoms with Crippen molar-refractivity contribution in [2.75, 3.05) is 13.2 Å². The summed E-state index contributed by atoms with van der Waals surface area (Å²) in [7, 11) is 0. The molecule has 5 heteroatoms. The second-order valence-corrected chi connectivity index (χ2v) is 4.24. The van der Waals surface area contributed by atoms with Gasteiger partial charge in [0.2, 0.25) is 5.89 Å². The van der Waals surface area contributed by atoms with Crippen molar-refractivity contribution in [1.82, 2.24) is 10.3 Å². The molecule has 1 atom stereocenters. The van der Waals surface area contributed by atoms with E-state index < -0.39 is 6.10 Å². The van der Waals surface area contributed by atoms with E-state index in [1.54, 1.807) is 6.20 Å². The number of oxazole rings is 1. The molecule has 0 aliphatic rings. The molecule has 1 heterocycles. The number of nitrogens with zero attached hydrogens (tertiary/aromatic N) is 1. The number of nitrogens with one attached hydrogen (secondary N) is 1. The molecular weight excluding hydrogens is 220 g/mol. The molecule has 1 unspecified atom stereocenters. The molecule has 17 heavy (non-hydrogen) atoms. The summed E-state index contributed by atoms with van der Waals surface area (Å²) in [6.07, 6.45) is 2.22. The molecule has 1 aromatic rings. The molecule has 0 fully saturated rings. The summed E-state index contributed by atoms with van der Waals surface area (Å²) >= 11 is 0. The monoisotopic (exact) mass is 242 g/mol. The summed E-state index contributed by atoms with van der Waals surface area (Å²) in [4.78, 5) is 4.12. The van der Waals surface area contributed by atoms with Crippen LogP contribution in [0.1, 0.15) is 32.4 Å². The van der Waals surface area contributed by atoms with Crippen molar-refractivity contribution in [2.24, 2.45) is 0 Å². The first kappa shape index (κ1) is 14.2. The molecule has 0 aliphatic carbocycles. The van der Waals surface area contributed by atoms with Crippen LogP contribution >= 0.6 is 0 Å². The molecule has 5 nitrogen and oxygen atoms in total. The quantitative estimate of drug-likeness (QED) is 0.715. The van der Waals surface area contributed by atoms with Gasteiger partial charge in [0, 0.05) is 13.0 Å². The van der Waals surface area contributed by atoms with E-state index in [1.807, 2.05) is 20.8 Å². The van der Waals surface area contributed by atoms with E-state index in [0.29, 0.717) is 25.6 Å². The van der Waals surface area contributed by atoms with Gasteiger partial charge in [0.25, 0.3) is 0 Å². The van der Waals surface area contributed by atoms with E-state index in [9.17, 15) is 5.11 Å². The number of hydrogen-bond acceptors (Lipinski definition) is 5. The van der Waals surface area contributed by atoms with Gasteiger partial charge in [-0.15, -0.1) is 0 Å². The van der Waals surface area contributed by atoms with Gasteiger partial charge in [0.05, 0.1) is 31.6 Å². The molecule has 0 aliphatic heterocycles. The van der Waals surface area contributed by atoms with Crippen LogP contribution in [0.5, 0.6) is 0 Å². The highest BCUT2D eigenvalue weighted by Gasteiger charge is 2.07. The van der Waals surface area contributed by atoms with Gasteiger partial charge in [-0.1, -0.05) is 6.92 Å². The predicted molar refractivity (Wildman–Crippen MR) is 64.7 cm³/mol. The molecule has 98 valence electrons. The van der Waals surface area contributed by atoms with E-state index in [4.69, 9.17) is 9.15 Å². The van der Waals surface area contributed by atoms with Crippen molar-refractivity contribution in [3.05, 3.63) is 17.8 Å². The highest BCUT2D eigenvalue weighted by Crippen LogP contribution is 2.03. The van der Waals surface area contributed by atoms with Gasteiger partial charge >= 0.3 is 0 Å². The van der Waals surface area contributed by atoms with Crippen LogP contribution in [0.25, 0.3) is 0 Å². The molecule has 0 saturated heterocycles. The Morgan fingerprint density at radius 3 is 2.88 bits per heavy atom. The van der Waals surface area contributed by atoms with Gasteiger partial charge in [-0.25, -0.2) is 4.98 Å². The summed E-state index contributed by atoms with van der Waals surface area (Å²) in [5.74, 6) is 1.53. The first-order chi connectivity index (χ1) is 8.11. The van der Waals surface area contributed by atoms with Crippen LogP contribution < -0.4 is 5.32 Å². The highest BCUT2D eigenvalue weighted by atomic mass is 16.5. The Hall–Kier alpha value is -0.910. The van der Waals surface area contributed by atoms with E-state index >= 15 is 0 Å². The maximum atomic E-state index is 9.59. The molecular formula is C12H22N2O3. The zero-order chi connectivity index (χ0) is 12.7. The first-order valence-electron chi connectivity index (χ1n) is 6.05. The molecule has 0 amide bonds. The van der Waals surface area contributed by atoms with Gasteiger partial charge in [-0.3, -0.25) is 0 Å². The first-order valence-corrected chi connectivity index (χ1v) is 6.05. The average Bonchev–Trinajstić information content (AvgIpc) is 2.74. The smallest absolute Gasteiger partial charge is 0.208 e.